The highest BCUT2D eigenvalue weighted by Crippen LogP contribution is 2.34. The number of ether oxygens (including phenoxy) is 1. The molecule has 2 heterocycles. The second kappa shape index (κ2) is 13.3. The van der Waals surface area contributed by atoms with Gasteiger partial charge in [0.05, 0.1) is 12.0 Å². The summed E-state index contributed by atoms with van der Waals surface area (Å²) in [5.74, 6) is -0.0335. The summed E-state index contributed by atoms with van der Waals surface area (Å²) in [5, 5.41) is 3.36. The van der Waals surface area contributed by atoms with Crippen LogP contribution in [0.2, 0.25) is 0 Å². The zero-order valence-electron chi connectivity index (χ0n) is 16.0. The number of rotatable bonds is 6. The molecule has 0 atom stereocenters. The molecule has 2 saturated heterocycles. The first kappa shape index (κ1) is 26.1. The lowest BCUT2D eigenvalue weighted by Crippen LogP contribution is -2.46. The van der Waals surface area contributed by atoms with E-state index in [-0.39, 0.29) is 36.3 Å². The van der Waals surface area contributed by atoms with Crippen LogP contribution < -0.4 is 5.32 Å². The molecular formula is C20H34Cl2N2O3. The topological polar surface area (TPSA) is 73.1 Å². The minimum Gasteiger partial charge on any atom is -0.465 e. The first-order valence-electron chi connectivity index (χ1n) is 9.47. The van der Waals surface area contributed by atoms with Crippen LogP contribution in [0.15, 0.2) is 30.3 Å². The van der Waals surface area contributed by atoms with Gasteiger partial charge >= 0.3 is 5.97 Å². The molecule has 1 aromatic carbocycles. The molecule has 1 aromatic rings. The molecule has 0 spiro atoms. The van der Waals surface area contributed by atoms with Crippen molar-refractivity contribution in [1.29, 1.82) is 0 Å². The number of nitrogens with zero attached hydrogens (tertiary/aromatic N) is 1. The largest absolute Gasteiger partial charge is 0.465 e. The van der Waals surface area contributed by atoms with Gasteiger partial charge in [0.1, 0.15) is 0 Å². The summed E-state index contributed by atoms with van der Waals surface area (Å²) in [6, 6.07) is 10.2. The predicted molar refractivity (Wildman–Crippen MR) is 114 cm³/mol. The summed E-state index contributed by atoms with van der Waals surface area (Å²) < 4.78 is 5.74. The van der Waals surface area contributed by atoms with Gasteiger partial charge in [-0.25, -0.2) is 0 Å². The third-order valence-corrected chi connectivity index (χ3v) is 5.47. The van der Waals surface area contributed by atoms with E-state index in [0.29, 0.717) is 6.61 Å². The lowest BCUT2D eigenvalue weighted by Gasteiger charge is -2.36. The van der Waals surface area contributed by atoms with E-state index in [1.807, 2.05) is 18.2 Å². The fraction of sp³-hybridized carbons (Fsp3) is 0.650. The van der Waals surface area contributed by atoms with Crippen molar-refractivity contribution in [3.63, 3.8) is 0 Å². The summed E-state index contributed by atoms with van der Waals surface area (Å²) in [5.41, 5.74) is 0.644. The molecule has 2 fully saturated rings. The van der Waals surface area contributed by atoms with Crippen molar-refractivity contribution in [3.05, 3.63) is 35.9 Å². The fourth-order valence-electron chi connectivity index (χ4n) is 4.00. The van der Waals surface area contributed by atoms with Crippen molar-refractivity contribution >= 4 is 30.8 Å². The van der Waals surface area contributed by atoms with E-state index in [2.05, 4.69) is 22.3 Å². The Balaban J connectivity index is 0.00000225. The van der Waals surface area contributed by atoms with Crippen molar-refractivity contribution < 1.29 is 15.0 Å². The van der Waals surface area contributed by atoms with Gasteiger partial charge < -0.3 is 20.4 Å². The second-order valence-corrected chi connectivity index (χ2v) is 7.09. The predicted octanol–water partition coefficient (Wildman–Crippen LogP) is 2.75. The molecule has 3 rings (SSSR count). The van der Waals surface area contributed by atoms with Gasteiger partial charge in [-0.15, -0.1) is 24.8 Å². The first-order chi connectivity index (χ1) is 11.8. The quantitative estimate of drug-likeness (QED) is 0.566. The molecule has 0 bridgehead atoms. The minimum atomic E-state index is -0.461. The van der Waals surface area contributed by atoms with E-state index >= 15 is 0 Å². The van der Waals surface area contributed by atoms with Crippen LogP contribution in [0.4, 0.5) is 0 Å². The van der Waals surface area contributed by atoms with Crippen molar-refractivity contribution in [3.8, 4) is 0 Å². The van der Waals surface area contributed by atoms with Crippen LogP contribution in [0.3, 0.4) is 0 Å². The van der Waals surface area contributed by atoms with Crippen LogP contribution in [0.5, 0.6) is 0 Å². The maximum atomic E-state index is 12.9. The molecule has 0 saturated carbocycles. The molecule has 0 amide bonds. The normalized spacial score (nSPS) is 19.0. The molecule has 0 radical (unpaired) electrons. The summed E-state index contributed by atoms with van der Waals surface area (Å²) in [7, 11) is 0. The number of hydrogen-bond acceptors (Lipinski definition) is 4. The number of esters is 1. The summed E-state index contributed by atoms with van der Waals surface area (Å²) in [4.78, 5) is 15.4. The highest BCUT2D eigenvalue weighted by atomic mass is 35.5. The zero-order valence-corrected chi connectivity index (χ0v) is 17.6. The Labute approximate surface area is 175 Å². The standard InChI is InChI=1S/C20H30N2O2.2ClH.H2O/c23-19(24-17-7-16-22-14-5-2-6-15-22)20(10-12-21-13-11-20)18-8-3-1-4-9-18;;;/h1,3-4,8-9,21H,2,5-7,10-17H2;2*1H;1H2. The summed E-state index contributed by atoms with van der Waals surface area (Å²) in [6.45, 7) is 5.74. The summed E-state index contributed by atoms with van der Waals surface area (Å²) in [6.07, 6.45) is 6.56. The Morgan fingerprint density at radius 2 is 1.67 bits per heavy atom. The Morgan fingerprint density at radius 1 is 1.04 bits per heavy atom. The molecular weight excluding hydrogens is 387 g/mol. The van der Waals surface area contributed by atoms with Gasteiger partial charge in [-0.2, -0.15) is 0 Å². The molecule has 7 heteroatoms. The van der Waals surface area contributed by atoms with Crippen LogP contribution in [0.1, 0.15) is 44.1 Å². The Morgan fingerprint density at radius 3 is 2.30 bits per heavy atom. The number of nitrogens with one attached hydrogen (secondary N) is 1. The maximum Gasteiger partial charge on any atom is 0.316 e. The highest BCUT2D eigenvalue weighted by molar-refractivity contribution is 5.85. The molecule has 3 N–H and O–H groups in total. The van der Waals surface area contributed by atoms with E-state index in [1.165, 1.54) is 32.4 Å². The molecule has 2 aliphatic rings. The molecule has 0 unspecified atom stereocenters. The van der Waals surface area contributed by atoms with E-state index < -0.39 is 5.41 Å². The van der Waals surface area contributed by atoms with Crippen LogP contribution in [-0.2, 0) is 14.9 Å². The number of halogens is 2. The molecule has 0 aliphatic carbocycles. The maximum absolute atomic E-state index is 12.9. The van der Waals surface area contributed by atoms with Crippen molar-refractivity contribution in [2.24, 2.45) is 0 Å². The number of benzene rings is 1. The average molecular weight is 421 g/mol. The highest BCUT2D eigenvalue weighted by Gasteiger charge is 2.42. The Hall–Kier alpha value is -0.850. The molecule has 27 heavy (non-hydrogen) atoms. The van der Waals surface area contributed by atoms with Gasteiger partial charge in [-0.05, 0) is 63.8 Å². The zero-order chi connectivity index (χ0) is 16.7. The number of carbonyl (C=O) groups is 1. The number of hydrogen-bond donors (Lipinski definition) is 1. The SMILES string of the molecule is Cl.Cl.O.O=C(OCCCN1CCCCC1)C1(c2ccccc2)CCNCC1. The third-order valence-electron chi connectivity index (χ3n) is 5.47. The van der Waals surface area contributed by atoms with Crippen LogP contribution >= 0.6 is 24.8 Å². The smallest absolute Gasteiger partial charge is 0.316 e. The minimum absolute atomic E-state index is 0. The fourth-order valence-corrected chi connectivity index (χ4v) is 4.00. The third kappa shape index (κ3) is 6.91. The lowest BCUT2D eigenvalue weighted by molar-refractivity contribution is -0.152. The van der Waals surface area contributed by atoms with Crippen LogP contribution in [0, 0.1) is 0 Å². The summed E-state index contributed by atoms with van der Waals surface area (Å²) >= 11 is 0. The van der Waals surface area contributed by atoms with Gasteiger partial charge in [0.15, 0.2) is 0 Å². The van der Waals surface area contributed by atoms with Crippen LogP contribution in [-0.4, -0.2) is 55.7 Å². The number of likely N-dealkylation sites (tertiary alicyclic amines) is 1. The van der Waals surface area contributed by atoms with Crippen molar-refractivity contribution in [1.82, 2.24) is 10.2 Å². The van der Waals surface area contributed by atoms with Gasteiger partial charge in [0.2, 0.25) is 0 Å². The average Bonchev–Trinajstić information content (AvgIpc) is 2.67. The molecule has 0 aromatic heterocycles. The lowest BCUT2D eigenvalue weighted by atomic mass is 9.73. The van der Waals surface area contributed by atoms with E-state index in [0.717, 1.165) is 44.5 Å². The second-order valence-electron chi connectivity index (χ2n) is 7.09. The van der Waals surface area contributed by atoms with Gasteiger partial charge in [-0.1, -0.05) is 36.8 Å². The van der Waals surface area contributed by atoms with E-state index in [4.69, 9.17) is 4.74 Å². The van der Waals surface area contributed by atoms with Gasteiger partial charge in [-0.3, -0.25) is 4.79 Å². The first-order valence-corrected chi connectivity index (χ1v) is 9.47. The molecule has 2 aliphatic heterocycles. The molecule has 156 valence electrons. The van der Waals surface area contributed by atoms with E-state index in [9.17, 15) is 4.79 Å². The monoisotopic (exact) mass is 420 g/mol. The van der Waals surface area contributed by atoms with Crippen molar-refractivity contribution in [2.45, 2.75) is 43.9 Å². The molecule has 5 nitrogen and oxygen atoms in total. The van der Waals surface area contributed by atoms with Gasteiger partial charge in [0, 0.05) is 6.54 Å². The van der Waals surface area contributed by atoms with E-state index in [1.54, 1.807) is 0 Å². The van der Waals surface area contributed by atoms with Gasteiger partial charge in [0.25, 0.3) is 0 Å². The van der Waals surface area contributed by atoms with Crippen LogP contribution in [0.25, 0.3) is 0 Å². The van der Waals surface area contributed by atoms with Crippen molar-refractivity contribution in [2.75, 3.05) is 39.3 Å². The Bertz CT molecular complexity index is 519. The number of piperidine rings is 2. The Kier molecular flexibility index (Phi) is 12.9. The number of carbonyl (C=O) groups excluding carboxylic acids is 1.